The number of nitriles is 1. The van der Waals surface area contributed by atoms with Crippen LogP contribution in [0.15, 0.2) is 24.3 Å². The molecule has 0 saturated carbocycles. The molecule has 0 aliphatic heterocycles. The van der Waals surface area contributed by atoms with E-state index in [4.69, 9.17) is 21.6 Å². The fourth-order valence-electron chi connectivity index (χ4n) is 2.94. The summed E-state index contributed by atoms with van der Waals surface area (Å²) in [6, 6.07) is 8.06. The number of carbonyl (C=O) groups is 2. The standard InChI is InChI=1S/C20H18ClN5O3/c1-10-7-15(17-11(2)25-26(4)18(17)23-10)20(28)29-12(3)19(27)24-14-6-5-13(9-22)16(21)8-14/h5-8,12H,1-4H3,(H,24,27). The summed E-state index contributed by atoms with van der Waals surface area (Å²) < 4.78 is 6.97. The number of aryl methyl sites for hydroxylation is 3. The monoisotopic (exact) mass is 411 g/mol. The Morgan fingerprint density at radius 3 is 2.69 bits per heavy atom. The number of amides is 1. The van der Waals surface area contributed by atoms with Crippen LogP contribution in [0, 0.1) is 25.2 Å². The number of pyridine rings is 1. The van der Waals surface area contributed by atoms with E-state index in [0.717, 1.165) is 0 Å². The van der Waals surface area contributed by atoms with E-state index in [1.807, 2.05) is 6.07 Å². The SMILES string of the molecule is Cc1cc(C(=O)OC(C)C(=O)Nc2ccc(C#N)c(Cl)c2)c2c(C)nn(C)c2n1. The summed E-state index contributed by atoms with van der Waals surface area (Å²) in [4.78, 5) is 29.6. The molecular weight excluding hydrogens is 394 g/mol. The summed E-state index contributed by atoms with van der Waals surface area (Å²) in [6.45, 7) is 5.02. The van der Waals surface area contributed by atoms with Gasteiger partial charge in [-0.1, -0.05) is 11.6 Å². The zero-order valence-corrected chi connectivity index (χ0v) is 17.0. The van der Waals surface area contributed by atoms with Crippen molar-refractivity contribution in [1.82, 2.24) is 14.8 Å². The highest BCUT2D eigenvalue weighted by Gasteiger charge is 2.23. The number of esters is 1. The lowest BCUT2D eigenvalue weighted by Crippen LogP contribution is -2.30. The van der Waals surface area contributed by atoms with Crippen molar-refractivity contribution in [2.75, 3.05) is 5.32 Å². The number of carbonyl (C=O) groups excluding carboxylic acids is 2. The van der Waals surface area contributed by atoms with Crippen molar-refractivity contribution in [2.24, 2.45) is 7.05 Å². The first-order valence-corrected chi connectivity index (χ1v) is 9.11. The molecule has 29 heavy (non-hydrogen) atoms. The van der Waals surface area contributed by atoms with Gasteiger partial charge in [0.15, 0.2) is 11.8 Å². The first kappa shape index (κ1) is 20.3. The van der Waals surface area contributed by atoms with E-state index in [2.05, 4.69) is 15.4 Å². The topological polar surface area (TPSA) is 110 Å². The van der Waals surface area contributed by atoms with Crippen LogP contribution in [0.1, 0.15) is 34.2 Å². The zero-order chi connectivity index (χ0) is 21.3. The smallest absolute Gasteiger partial charge is 0.339 e. The molecule has 3 aromatic rings. The quantitative estimate of drug-likeness (QED) is 0.659. The van der Waals surface area contributed by atoms with Gasteiger partial charge in [0, 0.05) is 18.4 Å². The van der Waals surface area contributed by atoms with E-state index in [1.54, 1.807) is 37.7 Å². The number of fused-ring (bicyclic) bond motifs is 1. The molecule has 0 saturated heterocycles. The average Bonchev–Trinajstić information content (AvgIpc) is 2.94. The Bertz CT molecular complexity index is 1180. The van der Waals surface area contributed by atoms with E-state index < -0.39 is 18.0 Å². The molecular formula is C20H18ClN5O3. The van der Waals surface area contributed by atoms with Crippen LogP contribution in [0.2, 0.25) is 5.02 Å². The number of nitrogens with one attached hydrogen (secondary N) is 1. The lowest BCUT2D eigenvalue weighted by atomic mass is 10.1. The number of anilines is 1. The lowest BCUT2D eigenvalue weighted by molar-refractivity contribution is -0.123. The number of nitrogens with zero attached hydrogens (tertiary/aromatic N) is 4. The highest BCUT2D eigenvalue weighted by molar-refractivity contribution is 6.32. The summed E-state index contributed by atoms with van der Waals surface area (Å²) in [5.74, 6) is -1.17. The number of halogens is 1. The highest BCUT2D eigenvalue weighted by atomic mass is 35.5. The van der Waals surface area contributed by atoms with E-state index in [-0.39, 0.29) is 5.02 Å². The van der Waals surface area contributed by atoms with Crippen molar-refractivity contribution in [3.8, 4) is 6.07 Å². The molecule has 0 bridgehead atoms. The van der Waals surface area contributed by atoms with Crippen molar-refractivity contribution >= 4 is 40.2 Å². The van der Waals surface area contributed by atoms with Gasteiger partial charge in [-0.05, 0) is 45.0 Å². The Morgan fingerprint density at radius 1 is 1.31 bits per heavy atom. The van der Waals surface area contributed by atoms with Gasteiger partial charge in [0.2, 0.25) is 0 Å². The molecule has 1 N–H and O–H groups in total. The van der Waals surface area contributed by atoms with E-state index >= 15 is 0 Å². The third-order valence-corrected chi connectivity index (χ3v) is 4.64. The molecule has 0 aliphatic carbocycles. The van der Waals surface area contributed by atoms with Gasteiger partial charge in [-0.15, -0.1) is 0 Å². The minimum absolute atomic E-state index is 0.219. The summed E-state index contributed by atoms with van der Waals surface area (Å²) in [6.07, 6.45) is -1.06. The van der Waals surface area contributed by atoms with E-state index in [0.29, 0.717) is 39.2 Å². The van der Waals surface area contributed by atoms with Gasteiger partial charge in [0.05, 0.1) is 27.2 Å². The van der Waals surface area contributed by atoms with Gasteiger partial charge in [-0.2, -0.15) is 10.4 Å². The minimum Gasteiger partial charge on any atom is -0.449 e. The zero-order valence-electron chi connectivity index (χ0n) is 16.3. The second-order valence-electron chi connectivity index (χ2n) is 6.56. The Hall–Kier alpha value is -3.44. The van der Waals surface area contributed by atoms with Crippen LogP contribution in [-0.4, -0.2) is 32.7 Å². The summed E-state index contributed by atoms with van der Waals surface area (Å²) in [7, 11) is 1.75. The molecule has 1 aromatic carbocycles. The maximum Gasteiger partial charge on any atom is 0.339 e. The lowest BCUT2D eigenvalue weighted by Gasteiger charge is -2.14. The maximum atomic E-state index is 12.8. The van der Waals surface area contributed by atoms with Crippen LogP contribution in [0.4, 0.5) is 5.69 Å². The first-order chi connectivity index (χ1) is 13.7. The largest absolute Gasteiger partial charge is 0.449 e. The van der Waals surface area contributed by atoms with Gasteiger partial charge in [-0.25, -0.2) is 9.78 Å². The normalized spacial score (nSPS) is 11.7. The van der Waals surface area contributed by atoms with Crippen LogP contribution in [0.25, 0.3) is 11.0 Å². The van der Waals surface area contributed by atoms with Crippen LogP contribution in [0.3, 0.4) is 0 Å². The fourth-order valence-corrected chi connectivity index (χ4v) is 3.16. The van der Waals surface area contributed by atoms with Crippen LogP contribution < -0.4 is 5.32 Å². The van der Waals surface area contributed by atoms with Crippen molar-refractivity contribution in [1.29, 1.82) is 5.26 Å². The van der Waals surface area contributed by atoms with E-state index in [1.165, 1.54) is 19.1 Å². The molecule has 0 aliphatic rings. The number of rotatable bonds is 4. The first-order valence-electron chi connectivity index (χ1n) is 8.73. The Morgan fingerprint density at radius 2 is 2.03 bits per heavy atom. The third-order valence-electron chi connectivity index (χ3n) is 4.33. The molecule has 1 atom stereocenters. The Labute approximate surface area is 172 Å². The van der Waals surface area contributed by atoms with Crippen molar-refractivity contribution in [3.05, 3.63) is 51.8 Å². The minimum atomic E-state index is -1.06. The number of ether oxygens (including phenoxy) is 1. The van der Waals surface area contributed by atoms with Crippen molar-refractivity contribution in [3.63, 3.8) is 0 Å². The third kappa shape index (κ3) is 4.05. The molecule has 3 rings (SSSR count). The summed E-state index contributed by atoms with van der Waals surface area (Å²) >= 11 is 5.97. The summed E-state index contributed by atoms with van der Waals surface area (Å²) in [5, 5.41) is 16.6. The fraction of sp³-hybridized carbons (Fsp3) is 0.250. The molecule has 9 heteroatoms. The molecule has 0 fully saturated rings. The van der Waals surface area contributed by atoms with Crippen molar-refractivity contribution in [2.45, 2.75) is 26.9 Å². The maximum absolute atomic E-state index is 12.8. The molecule has 2 heterocycles. The van der Waals surface area contributed by atoms with Crippen LogP contribution in [-0.2, 0) is 16.6 Å². The van der Waals surface area contributed by atoms with Crippen molar-refractivity contribution < 1.29 is 14.3 Å². The van der Waals surface area contributed by atoms with Gasteiger partial charge in [0.1, 0.15) is 6.07 Å². The average molecular weight is 412 g/mol. The highest BCUT2D eigenvalue weighted by Crippen LogP contribution is 2.23. The molecule has 0 spiro atoms. The number of aromatic nitrogens is 3. The Kier molecular flexibility index (Phi) is 5.52. The second-order valence-corrected chi connectivity index (χ2v) is 6.97. The summed E-state index contributed by atoms with van der Waals surface area (Å²) in [5.41, 5.74) is 2.85. The Balaban J connectivity index is 1.79. The van der Waals surface area contributed by atoms with Gasteiger partial charge < -0.3 is 10.1 Å². The van der Waals surface area contributed by atoms with E-state index in [9.17, 15) is 9.59 Å². The number of hydrogen-bond acceptors (Lipinski definition) is 6. The van der Waals surface area contributed by atoms with Gasteiger partial charge in [-0.3, -0.25) is 9.48 Å². The van der Waals surface area contributed by atoms with Gasteiger partial charge >= 0.3 is 5.97 Å². The molecule has 148 valence electrons. The molecule has 1 unspecified atom stereocenters. The van der Waals surface area contributed by atoms with Gasteiger partial charge in [0.25, 0.3) is 5.91 Å². The molecule has 2 aromatic heterocycles. The molecule has 8 nitrogen and oxygen atoms in total. The predicted molar refractivity (Wildman–Crippen MR) is 108 cm³/mol. The molecule has 1 amide bonds. The second kappa shape index (κ2) is 7.89. The van der Waals surface area contributed by atoms with Crippen LogP contribution in [0.5, 0.6) is 0 Å². The van der Waals surface area contributed by atoms with Crippen LogP contribution >= 0.6 is 11.6 Å². The number of hydrogen-bond donors (Lipinski definition) is 1. The predicted octanol–water partition coefficient (Wildman–Crippen LogP) is 3.29. The molecule has 0 radical (unpaired) electrons. The number of benzene rings is 1.